The molecule has 1 amide bonds. The molecule has 0 aliphatic heterocycles. The minimum atomic E-state index is -2.41. The first-order valence-electron chi connectivity index (χ1n) is 12.8. The van der Waals surface area contributed by atoms with Gasteiger partial charge < -0.3 is 0 Å². The molecule has 0 spiro atoms. The van der Waals surface area contributed by atoms with Crippen LogP contribution >= 0.6 is 8.03 Å². The first-order valence-corrected chi connectivity index (χ1v) is 16.1. The molecule has 5 atom stereocenters. The number of H-pyrrole nitrogens is 1. The van der Waals surface area contributed by atoms with E-state index in [0.717, 1.165) is 48.6 Å². The quantitative estimate of drug-likeness (QED) is 0.182. The summed E-state index contributed by atoms with van der Waals surface area (Å²) in [6.45, 7) is 3.77. The number of carbonyl (C=O) groups is 2. The van der Waals surface area contributed by atoms with Gasteiger partial charge in [-0.15, -0.1) is 0 Å². The summed E-state index contributed by atoms with van der Waals surface area (Å²) >= 11 is -1.03. The van der Waals surface area contributed by atoms with Gasteiger partial charge in [0.05, 0.1) is 0 Å². The number of nitrogens with two attached hydrogens (primary N) is 1. The van der Waals surface area contributed by atoms with Crippen molar-refractivity contribution in [1.29, 1.82) is 0 Å². The van der Waals surface area contributed by atoms with Gasteiger partial charge in [0.15, 0.2) is 0 Å². The van der Waals surface area contributed by atoms with Crippen LogP contribution in [-0.4, -0.2) is 65.6 Å². The molecule has 10 heteroatoms. The number of nitrogens with one attached hydrogen (secondary N) is 2. The first-order chi connectivity index (χ1) is 17.2. The molecule has 3 rings (SSSR count). The molecule has 1 aliphatic rings. The Morgan fingerprint density at radius 2 is 1.92 bits per heavy atom. The number of carbonyl (C=O) groups excluding carboxylic acids is 2. The summed E-state index contributed by atoms with van der Waals surface area (Å²) in [5, 5.41) is 14.5. The van der Waals surface area contributed by atoms with Crippen LogP contribution in [0.2, 0.25) is 4.71 Å². The number of aromatic amines is 1. The molecular weight excluding hydrogens is 540 g/mol. The summed E-state index contributed by atoms with van der Waals surface area (Å²) in [6, 6.07) is 7.22. The summed E-state index contributed by atoms with van der Waals surface area (Å²) in [4.78, 5) is 39.2. The number of aliphatic hydroxyl groups is 1. The van der Waals surface area contributed by atoms with E-state index in [4.69, 9.17) is 5.73 Å². The van der Waals surface area contributed by atoms with Crippen LogP contribution in [0.4, 0.5) is 0 Å². The van der Waals surface area contributed by atoms with Crippen LogP contribution in [0.3, 0.4) is 0 Å². The van der Waals surface area contributed by atoms with Crippen LogP contribution in [0.5, 0.6) is 0 Å². The second-order valence-electron chi connectivity index (χ2n) is 10.2. The van der Waals surface area contributed by atoms with Crippen LogP contribution in [0, 0.1) is 11.8 Å². The molecule has 2 unspecified atom stereocenters. The Labute approximate surface area is 220 Å². The van der Waals surface area contributed by atoms with Crippen LogP contribution in [0.15, 0.2) is 30.5 Å². The van der Waals surface area contributed by atoms with Crippen molar-refractivity contribution in [2.45, 2.75) is 81.3 Å². The molecule has 0 bridgehead atoms. The van der Waals surface area contributed by atoms with Crippen molar-refractivity contribution in [1.82, 2.24) is 10.3 Å². The summed E-state index contributed by atoms with van der Waals surface area (Å²) in [5.74, 6) is -0.165. The molecule has 1 aliphatic carbocycles. The van der Waals surface area contributed by atoms with E-state index in [1.165, 1.54) is 0 Å². The Hall–Kier alpha value is -1.56. The average Bonchev–Trinajstić information content (AvgIpc) is 3.27. The van der Waals surface area contributed by atoms with E-state index in [-0.39, 0.29) is 35.3 Å². The number of para-hydroxylation sites is 1. The second kappa shape index (κ2) is 13.8. The van der Waals surface area contributed by atoms with E-state index in [2.05, 4.69) is 10.3 Å². The molecule has 1 saturated carbocycles. The van der Waals surface area contributed by atoms with Gasteiger partial charge in [-0.1, -0.05) is 0 Å². The molecule has 8 nitrogen and oxygen atoms in total. The fraction of sp³-hybridized carbons (Fsp3) is 0.615. The Balaban J connectivity index is 1.66. The van der Waals surface area contributed by atoms with Crippen molar-refractivity contribution in [2.75, 3.05) is 6.54 Å². The van der Waals surface area contributed by atoms with Crippen LogP contribution in [0.1, 0.15) is 57.9 Å². The third kappa shape index (κ3) is 7.97. The predicted octanol–water partition coefficient (Wildman–Crippen LogP) is 3.26. The van der Waals surface area contributed by atoms with Crippen molar-refractivity contribution >= 4 is 45.2 Å². The molecule has 1 heterocycles. The fourth-order valence-electron chi connectivity index (χ4n) is 4.91. The van der Waals surface area contributed by atoms with E-state index in [9.17, 15) is 24.2 Å². The van der Waals surface area contributed by atoms with Crippen molar-refractivity contribution in [3.05, 3.63) is 36.0 Å². The SMILES string of the molecule is CC(C)[C@H](N)C(=O)[As][C@@H](Cc1c[nH]c2ccccc12)C(=O)NC[C@H](O)CC(C1CCCCC1)[P+](=O)O. The Morgan fingerprint density at radius 3 is 2.58 bits per heavy atom. The van der Waals surface area contributed by atoms with E-state index in [0.29, 0.717) is 6.42 Å². The second-order valence-corrected chi connectivity index (χ2v) is 14.3. The molecule has 1 radical (unpaired) electrons. The zero-order valence-corrected chi connectivity index (χ0v) is 23.9. The van der Waals surface area contributed by atoms with Crippen molar-refractivity contribution in [2.24, 2.45) is 17.6 Å². The summed E-state index contributed by atoms with van der Waals surface area (Å²) in [6.07, 6.45) is 6.56. The molecule has 6 N–H and O–H groups in total. The number of hydrogen-bond donors (Lipinski definition) is 5. The Morgan fingerprint density at radius 1 is 1.22 bits per heavy atom. The van der Waals surface area contributed by atoms with Gasteiger partial charge in [-0.2, -0.15) is 0 Å². The minimum absolute atomic E-state index is 0.0105. The average molecular weight is 580 g/mol. The van der Waals surface area contributed by atoms with Crippen LogP contribution in [0.25, 0.3) is 10.9 Å². The first kappa shape index (κ1) is 29.0. The number of amides is 1. The topological polar surface area (TPSA) is 146 Å². The molecule has 1 fully saturated rings. The number of aromatic nitrogens is 1. The number of hydrogen-bond acceptors (Lipinski definition) is 5. The van der Waals surface area contributed by atoms with E-state index in [1.54, 1.807) is 0 Å². The summed E-state index contributed by atoms with van der Waals surface area (Å²) < 4.78 is 11.4. The van der Waals surface area contributed by atoms with E-state index < -0.39 is 46.3 Å². The fourth-order valence-corrected chi connectivity index (χ4v) is 8.67. The normalized spacial score (nSPS) is 18.9. The maximum absolute atomic E-state index is 13.3. The number of aliphatic hydroxyl groups excluding tert-OH is 1. The van der Waals surface area contributed by atoms with Gasteiger partial charge >= 0.3 is 221 Å². The summed E-state index contributed by atoms with van der Waals surface area (Å²) in [7, 11) is -2.41. The number of rotatable bonds is 13. The standard InChI is InChI=1S/C26H38AsN3O5P/c1-16(2)24(28)25(32)27-21(12-18-14-29-22-11-7-6-10-20(18)22)26(33)30-15-19(31)13-23(36(34)35)17-8-4-3-5-9-17/h6-7,10-11,14,16-17,19,21,23-24,29,31H,3-5,8-9,12-13,15,28H2,1-2H3,(H-,30,33,34,35)/p+1/t19-,21+,23?,24+/m1/s1. The molecule has 2 aromatic rings. The van der Waals surface area contributed by atoms with Crippen molar-refractivity contribution in [3.8, 4) is 0 Å². The van der Waals surface area contributed by atoms with Crippen LogP contribution < -0.4 is 11.1 Å². The molecule has 197 valence electrons. The van der Waals surface area contributed by atoms with Crippen LogP contribution in [-0.2, 0) is 20.6 Å². The molecule has 0 saturated heterocycles. The van der Waals surface area contributed by atoms with Gasteiger partial charge in [-0.25, -0.2) is 0 Å². The van der Waals surface area contributed by atoms with Gasteiger partial charge in [0, 0.05) is 0 Å². The Kier molecular flexibility index (Phi) is 11.1. The monoisotopic (exact) mass is 579 g/mol. The predicted molar refractivity (Wildman–Crippen MR) is 143 cm³/mol. The summed E-state index contributed by atoms with van der Waals surface area (Å²) in [5.41, 5.74) is 7.55. The molecule has 1 aromatic carbocycles. The van der Waals surface area contributed by atoms with Gasteiger partial charge in [0.1, 0.15) is 0 Å². The van der Waals surface area contributed by atoms with Gasteiger partial charge in [-0.3, -0.25) is 0 Å². The zero-order chi connectivity index (χ0) is 26.2. The van der Waals surface area contributed by atoms with Gasteiger partial charge in [-0.05, 0) is 0 Å². The molecular formula is C26H39AsN3O5P+. The van der Waals surface area contributed by atoms with E-state index >= 15 is 0 Å². The maximum atomic E-state index is 13.3. The Bertz CT molecular complexity index is 1040. The number of benzene rings is 1. The molecule has 36 heavy (non-hydrogen) atoms. The third-order valence-corrected chi connectivity index (χ3v) is 11.1. The van der Waals surface area contributed by atoms with Crippen molar-refractivity contribution < 1.29 is 24.2 Å². The molecule has 1 aromatic heterocycles. The zero-order valence-electron chi connectivity index (χ0n) is 21.1. The third-order valence-electron chi connectivity index (χ3n) is 7.18. The van der Waals surface area contributed by atoms with Crippen molar-refractivity contribution in [3.63, 3.8) is 0 Å². The van der Waals surface area contributed by atoms with E-state index in [1.807, 2.05) is 44.3 Å². The number of fused-ring (bicyclic) bond motifs is 1. The van der Waals surface area contributed by atoms with Gasteiger partial charge in [0.2, 0.25) is 0 Å². The van der Waals surface area contributed by atoms with Gasteiger partial charge in [0.25, 0.3) is 0 Å².